The van der Waals surface area contributed by atoms with Gasteiger partial charge in [-0.3, -0.25) is 0 Å². The number of aromatic nitrogens is 3. The molecule has 18 heavy (non-hydrogen) atoms. The van der Waals surface area contributed by atoms with Crippen molar-refractivity contribution in [2.75, 3.05) is 7.11 Å². The molecule has 0 bridgehead atoms. The molecule has 3 rings (SSSR count). The average molecular weight is 243 g/mol. The number of halogens is 1. The number of benzene rings is 1. The Hall–Kier alpha value is -2.43. The third-order valence-electron chi connectivity index (χ3n) is 2.64. The monoisotopic (exact) mass is 243 g/mol. The third kappa shape index (κ3) is 1.60. The summed E-state index contributed by atoms with van der Waals surface area (Å²) in [7, 11) is 1.52. The van der Waals surface area contributed by atoms with Gasteiger partial charge in [0.05, 0.1) is 7.11 Å². The van der Waals surface area contributed by atoms with Crippen LogP contribution in [0.3, 0.4) is 0 Å². The lowest BCUT2D eigenvalue weighted by atomic mass is 10.2. The second-order valence-electron chi connectivity index (χ2n) is 3.76. The van der Waals surface area contributed by atoms with Crippen molar-refractivity contribution in [3.63, 3.8) is 0 Å². The molecule has 0 saturated carbocycles. The molecule has 90 valence electrons. The molecular weight excluding hydrogens is 233 g/mol. The van der Waals surface area contributed by atoms with Gasteiger partial charge in [-0.05, 0) is 12.1 Å². The zero-order valence-corrected chi connectivity index (χ0v) is 9.67. The standard InChI is InChI=1S/C13H10FN3O/c1-18-13-12(9-5-3-2-4-6-9)15-11-8-7-10(14)16-17(11)13/h2-8H,1H3. The van der Waals surface area contributed by atoms with Crippen molar-refractivity contribution in [1.82, 2.24) is 14.6 Å². The summed E-state index contributed by atoms with van der Waals surface area (Å²) in [5.41, 5.74) is 2.10. The first-order valence-corrected chi connectivity index (χ1v) is 5.44. The Bertz CT molecular complexity index is 694. The number of methoxy groups -OCH3 is 1. The van der Waals surface area contributed by atoms with Gasteiger partial charge >= 0.3 is 0 Å². The Kier molecular flexibility index (Phi) is 2.44. The number of rotatable bonds is 2. The van der Waals surface area contributed by atoms with Gasteiger partial charge in [0.2, 0.25) is 11.8 Å². The highest BCUT2D eigenvalue weighted by Gasteiger charge is 2.15. The molecule has 3 aromatic rings. The van der Waals surface area contributed by atoms with Gasteiger partial charge in [-0.1, -0.05) is 30.3 Å². The molecule has 0 aliphatic heterocycles. The predicted octanol–water partition coefficient (Wildman–Crippen LogP) is 2.54. The summed E-state index contributed by atoms with van der Waals surface area (Å²) in [5.74, 6) is -0.145. The Morgan fingerprint density at radius 3 is 2.61 bits per heavy atom. The van der Waals surface area contributed by atoms with Crippen LogP contribution in [0.15, 0.2) is 42.5 Å². The van der Waals surface area contributed by atoms with Crippen molar-refractivity contribution >= 4 is 5.65 Å². The number of ether oxygens (including phenoxy) is 1. The lowest BCUT2D eigenvalue weighted by Gasteiger charge is -2.01. The summed E-state index contributed by atoms with van der Waals surface area (Å²) in [6, 6.07) is 12.4. The first-order chi connectivity index (χ1) is 8.79. The van der Waals surface area contributed by atoms with E-state index in [1.165, 1.54) is 17.7 Å². The fourth-order valence-electron chi connectivity index (χ4n) is 1.86. The van der Waals surface area contributed by atoms with Gasteiger partial charge in [0.1, 0.15) is 5.69 Å². The Morgan fingerprint density at radius 1 is 1.11 bits per heavy atom. The average Bonchev–Trinajstić information content (AvgIpc) is 2.77. The van der Waals surface area contributed by atoms with E-state index in [0.29, 0.717) is 17.2 Å². The smallest absolute Gasteiger partial charge is 0.243 e. The molecule has 0 unspecified atom stereocenters. The lowest BCUT2D eigenvalue weighted by molar-refractivity contribution is 0.384. The maximum Gasteiger partial charge on any atom is 0.243 e. The molecule has 2 heterocycles. The van der Waals surface area contributed by atoms with Gasteiger partial charge in [-0.25, -0.2) is 4.98 Å². The minimum absolute atomic E-state index is 0.427. The number of fused-ring (bicyclic) bond motifs is 1. The molecule has 1 aromatic carbocycles. The zero-order valence-electron chi connectivity index (χ0n) is 9.67. The molecule has 5 heteroatoms. The molecule has 0 aliphatic rings. The van der Waals surface area contributed by atoms with Crippen molar-refractivity contribution in [1.29, 1.82) is 0 Å². The topological polar surface area (TPSA) is 39.4 Å². The van der Waals surface area contributed by atoms with Crippen LogP contribution in [-0.2, 0) is 0 Å². The molecule has 2 aromatic heterocycles. The quantitative estimate of drug-likeness (QED) is 0.694. The summed E-state index contributed by atoms with van der Waals surface area (Å²) in [6.07, 6.45) is 0. The first kappa shape index (κ1) is 10.7. The highest BCUT2D eigenvalue weighted by atomic mass is 19.1. The molecule has 0 radical (unpaired) electrons. The van der Waals surface area contributed by atoms with E-state index in [2.05, 4.69) is 10.1 Å². The van der Waals surface area contributed by atoms with Crippen LogP contribution in [0.5, 0.6) is 5.88 Å². The molecule has 0 amide bonds. The van der Waals surface area contributed by atoms with E-state index >= 15 is 0 Å². The number of hydrogen-bond acceptors (Lipinski definition) is 3. The predicted molar refractivity (Wildman–Crippen MR) is 64.9 cm³/mol. The second-order valence-corrected chi connectivity index (χ2v) is 3.76. The first-order valence-electron chi connectivity index (χ1n) is 5.44. The van der Waals surface area contributed by atoms with Crippen molar-refractivity contribution in [2.24, 2.45) is 0 Å². The summed E-state index contributed by atoms with van der Waals surface area (Å²) >= 11 is 0. The van der Waals surface area contributed by atoms with E-state index in [9.17, 15) is 4.39 Å². The van der Waals surface area contributed by atoms with Crippen LogP contribution in [0.25, 0.3) is 16.9 Å². The Labute approximate surface area is 103 Å². The Balaban J connectivity index is 2.30. The third-order valence-corrected chi connectivity index (χ3v) is 2.64. The lowest BCUT2D eigenvalue weighted by Crippen LogP contribution is -1.97. The van der Waals surface area contributed by atoms with Crippen LogP contribution < -0.4 is 4.74 Å². The van der Waals surface area contributed by atoms with Gasteiger partial charge in [0, 0.05) is 5.56 Å². The van der Waals surface area contributed by atoms with Crippen LogP contribution >= 0.6 is 0 Å². The van der Waals surface area contributed by atoms with Gasteiger partial charge in [-0.15, -0.1) is 5.10 Å². The molecule has 0 saturated heterocycles. The van der Waals surface area contributed by atoms with Gasteiger partial charge in [0.25, 0.3) is 0 Å². The van der Waals surface area contributed by atoms with E-state index in [0.717, 1.165) is 5.56 Å². The SMILES string of the molecule is COc1c(-c2ccccc2)nc2ccc(F)nn12. The Morgan fingerprint density at radius 2 is 1.89 bits per heavy atom. The second kappa shape index (κ2) is 4.10. The minimum Gasteiger partial charge on any atom is -0.479 e. The van der Waals surface area contributed by atoms with Crippen LogP contribution in [0.1, 0.15) is 0 Å². The molecule has 0 spiro atoms. The molecule has 0 aliphatic carbocycles. The van der Waals surface area contributed by atoms with Gasteiger partial charge in [0.15, 0.2) is 5.65 Å². The number of nitrogens with zero attached hydrogens (tertiary/aromatic N) is 3. The fourth-order valence-corrected chi connectivity index (χ4v) is 1.86. The van der Waals surface area contributed by atoms with E-state index < -0.39 is 5.95 Å². The van der Waals surface area contributed by atoms with E-state index in [4.69, 9.17) is 4.74 Å². The summed E-state index contributed by atoms with van der Waals surface area (Å²) in [4.78, 5) is 4.40. The van der Waals surface area contributed by atoms with Crippen molar-refractivity contribution < 1.29 is 9.13 Å². The van der Waals surface area contributed by atoms with Crippen LogP contribution in [0.4, 0.5) is 4.39 Å². The minimum atomic E-state index is -0.571. The van der Waals surface area contributed by atoms with Crippen LogP contribution in [-0.4, -0.2) is 21.7 Å². The normalized spacial score (nSPS) is 10.8. The maximum atomic E-state index is 13.1. The van der Waals surface area contributed by atoms with E-state index in [-0.39, 0.29) is 0 Å². The van der Waals surface area contributed by atoms with E-state index in [1.807, 2.05) is 30.3 Å². The molecule has 0 fully saturated rings. The fraction of sp³-hybridized carbons (Fsp3) is 0.0769. The number of imidazole rings is 1. The highest BCUT2D eigenvalue weighted by molar-refractivity contribution is 5.68. The van der Waals surface area contributed by atoms with Crippen molar-refractivity contribution in [3.8, 4) is 17.1 Å². The van der Waals surface area contributed by atoms with E-state index in [1.54, 1.807) is 6.07 Å². The van der Waals surface area contributed by atoms with Gasteiger partial charge < -0.3 is 4.74 Å². The highest BCUT2D eigenvalue weighted by Crippen LogP contribution is 2.29. The van der Waals surface area contributed by atoms with Gasteiger partial charge in [-0.2, -0.15) is 8.91 Å². The molecule has 4 nitrogen and oxygen atoms in total. The summed E-state index contributed by atoms with van der Waals surface area (Å²) in [5, 5.41) is 3.76. The largest absolute Gasteiger partial charge is 0.479 e. The summed E-state index contributed by atoms with van der Waals surface area (Å²) < 4.78 is 19.8. The molecular formula is C13H10FN3O. The number of hydrogen-bond donors (Lipinski definition) is 0. The molecule has 0 atom stereocenters. The summed E-state index contributed by atoms with van der Waals surface area (Å²) in [6.45, 7) is 0. The van der Waals surface area contributed by atoms with Crippen molar-refractivity contribution in [3.05, 3.63) is 48.4 Å². The van der Waals surface area contributed by atoms with Crippen LogP contribution in [0.2, 0.25) is 0 Å². The van der Waals surface area contributed by atoms with Crippen molar-refractivity contribution in [2.45, 2.75) is 0 Å². The maximum absolute atomic E-state index is 13.1. The van der Waals surface area contributed by atoms with Crippen LogP contribution in [0, 0.1) is 5.95 Å². The molecule has 0 N–H and O–H groups in total. The zero-order chi connectivity index (χ0) is 12.5.